The molecule has 0 fully saturated rings. The monoisotopic (exact) mass is 269 g/mol. The summed E-state index contributed by atoms with van der Waals surface area (Å²) in [6, 6.07) is 1.20. The van der Waals surface area contributed by atoms with Crippen LogP contribution < -0.4 is 0 Å². The minimum absolute atomic E-state index is 0.0855. The number of hydrogen-bond donors (Lipinski definition) is 0. The van der Waals surface area contributed by atoms with Crippen LogP contribution in [-0.4, -0.2) is 30.1 Å². The third-order valence-electron chi connectivity index (χ3n) is 2.32. The van der Waals surface area contributed by atoms with Crippen LogP contribution in [0.3, 0.4) is 0 Å². The van der Waals surface area contributed by atoms with Gasteiger partial charge < -0.3 is 9.47 Å². The number of rotatable bonds is 5. The van der Waals surface area contributed by atoms with Crippen LogP contribution in [0.2, 0.25) is 0 Å². The first kappa shape index (κ1) is 15.1. The van der Waals surface area contributed by atoms with Crippen molar-refractivity contribution in [3.8, 4) is 0 Å². The first-order valence-electron chi connectivity index (χ1n) is 5.96. The number of hydrogen-bond acceptors (Lipinski definition) is 5. The molecule has 0 bridgehead atoms. The quantitative estimate of drug-likeness (QED) is 0.601. The highest BCUT2D eigenvalue weighted by Crippen LogP contribution is 2.21. The molecule has 0 aliphatic heterocycles. The summed E-state index contributed by atoms with van der Waals surface area (Å²) in [4.78, 5) is 27.3. The van der Waals surface area contributed by atoms with Gasteiger partial charge in [-0.25, -0.2) is 4.39 Å². The van der Waals surface area contributed by atoms with E-state index in [2.05, 4.69) is 4.98 Å². The molecule has 6 heteroatoms. The van der Waals surface area contributed by atoms with Crippen LogP contribution in [0.15, 0.2) is 12.3 Å². The SMILES string of the molecule is CCOC(=O)C(C(=O)OCC)c1ncc(C)cc1F. The maximum Gasteiger partial charge on any atom is 0.326 e. The Bertz CT molecular complexity index is 458. The second-order valence-corrected chi connectivity index (χ2v) is 3.82. The van der Waals surface area contributed by atoms with Crippen LogP contribution in [0.4, 0.5) is 4.39 Å². The van der Waals surface area contributed by atoms with Gasteiger partial charge >= 0.3 is 11.9 Å². The second-order valence-electron chi connectivity index (χ2n) is 3.82. The molecule has 19 heavy (non-hydrogen) atoms. The minimum atomic E-state index is -1.49. The van der Waals surface area contributed by atoms with Gasteiger partial charge in [-0.3, -0.25) is 14.6 Å². The van der Waals surface area contributed by atoms with Gasteiger partial charge in [0, 0.05) is 6.20 Å². The Morgan fingerprint density at radius 3 is 2.21 bits per heavy atom. The molecule has 0 atom stereocenters. The average Bonchev–Trinajstić information content (AvgIpc) is 2.33. The standard InChI is InChI=1S/C13H16FNO4/c1-4-18-12(16)10(13(17)19-5-2)11-9(14)6-8(3)7-15-11/h6-7,10H,4-5H2,1-3H3. The highest BCUT2D eigenvalue weighted by molar-refractivity contribution is 6.00. The molecule has 0 aliphatic rings. The molecule has 0 N–H and O–H groups in total. The van der Waals surface area contributed by atoms with Gasteiger partial charge in [0.05, 0.1) is 13.2 Å². The van der Waals surface area contributed by atoms with Crippen molar-refractivity contribution >= 4 is 11.9 Å². The van der Waals surface area contributed by atoms with Crippen molar-refractivity contribution in [3.05, 3.63) is 29.3 Å². The van der Waals surface area contributed by atoms with Crippen molar-refractivity contribution < 1.29 is 23.5 Å². The van der Waals surface area contributed by atoms with Crippen LogP contribution in [0, 0.1) is 12.7 Å². The summed E-state index contributed by atoms with van der Waals surface area (Å²) in [5.41, 5.74) is 0.315. The lowest BCUT2D eigenvalue weighted by atomic mass is 10.0. The van der Waals surface area contributed by atoms with Gasteiger partial charge in [0.1, 0.15) is 11.5 Å². The van der Waals surface area contributed by atoms with E-state index in [-0.39, 0.29) is 18.9 Å². The second kappa shape index (κ2) is 6.82. The van der Waals surface area contributed by atoms with Gasteiger partial charge in [-0.1, -0.05) is 0 Å². The van der Waals surface area contributed by atoms with E-state index in [0.717, 1.165) is 0 Å². The lowest BCUT2D eigenvalue weighted by molar-refractivity contribution is -0.157. The smallest absolute Gasteiger partial charge is 0.326 e. The lowest BCUT2D eigenvalue weighted by Gasteiger charge is -2.14. The van der Waals surface area contributed by atoms with Crippen LogP contribution in [0.25, 0.3) is 0 Å². The van der Waals surface area contributed by atoms with Crippen molar-refractivity contribution in [1.29, 1.82) is 0 Å². The number of halogens is 1. The van der Waals surface area contributed by atoms with Crippen LogP contribution in [-0.2, 0) is 19.1 Å². The zero-order valence-corrected chi connectivity index (χ0v) is 11.1. The van der Waals surface area contributed by atoms with Crippen molar-refractivity contribution in [2.75, 3.05) is 13.2 Å². The molecule has 0 unspecified atom stereocenters. The van der Waals surface area contributed by atoms with E-state index in [1.165, 1.54) is 12.3 Å². The molecule has 1 rings (SSSR count). The molecule has 1 heterocycles. The highest BCUT2D eigenvalue weighted by Gasteiger charge is 2.35. The third kappa shape index (κ3) is 3.74. The minimum Gasteiger partial charge on any atom is -0.465 e. The maximum absolute atomic E-state index is 13.8. The lowest BCUT2D eigenvalue weighted by Crippen LogP contribution is -2.28. The summed E-state index contributed by atoms with van der Waals surface area (Å²) in [5, 5.41) is 0. The number of aryl methyl sites for hydroxylation is 1. The van der Waals surface area contributed by atoms with E-state index in [1.54, 1.807) is 20.8 Å². The largest absolute Gasteiger partial charge is 0.465 e. The first-order valence-corrected chi connectivity index (χ1v) is 5.96. The zero-order chi connectivity index (χ0) is 14.4. The van der Waals surface area contributed by atoms with E-state index in [9.17, 15) is 14.0 Å². The Balaban J connectivity index is 3.14. The summed E-state index contributed by atoms with van der Waals surface area (Å²) in [5.74, 6) is -3.95. The number of nitrogens with zero attached hydrogens (tertiary/aromatic N) is 1. The Labute approximate surface area is 110 Å². The average molecular weight is 269 g/mol. The Morgan fingerprint density at radius 2 is 1.79 bits per heavy atom. The molecule has 0 amide bonds. The molecular formula is C13H16FNO4. The summed E-state index contributed by atoms with van der Waals surface area (Å²) in [7, 11) is 0. The fourth-order valence-corrected chi connectivity index (χ4v) is 1.53. The summed E-state index contributed by atoms with van der Waals surface area (Å²) >= 11 is 0. The van der Waals surface area contributed by atoms with E-state index in [0.29, 0.717) is 5.56 Å². The Kier molecular flexibility index (Phi) is 5.41. The van der Waals surface area contributed by atoms with Gasteiger partial charge in [0.15, 0.2) is 5.92 Å². The van der Waals surface area contributed by atoms with Crippen molar-refractivity contribution in [3.63, 3.8) is 0 Å². The third-order valence-corrected chi connectivity index (χ3v) is 2.32. The summed E-state index contributed by atoms with van der Waals surface area (Å²) in [6.07, 6.45) is 1.38. The van der Waals surface area contributed by atoms with Crippen LogP contribution in [0.5, 0.6) is 0 Å². The van der Waals surface area contributed by atoms with Crippen molar-refractivity contribution in [2.24, 2.45) is 0 Å². The molecule has 104 valence electrons. The summed E-state index contributed by atoms with van der Waals surface area (Å²) in [6.45, 7) is 5.02. The van der Waals surface area contributed by atoms with Crippen LogP contribution >= 0.6 is 0 Å². The molecule has 0 aliphatic carbocycles. The highest BCUT2D eigenvalue weighted by atomic mass is 19.1. The molecule has 0 saturated carbocycles. The molecule has 0 radical (unpaired) electrons. The normalized spacial score (nSPS) is 10.4. The number of aromatic nitrogens is 1. The first-order chi connectivity index (χ1) is 9.01. The fraction of sp³-hybridized carbons (Fsp3) is 0.462. The van der Waals surface area contributed by atoms with Gasteiger partial charge in [0.25, 0.3) is 0 Å². The van der Waals surface area contributed by atoms with Gasteiger partial charge in [-0.15, -0.1) is 0 Å². The Morgan fingerprint density at radius 1 is 1.26 bits per heavy atom. The number of carbonyl (C=O) groups is 2. The topological polar surface area (TPSA) is 65.5 Å². The number of esters is 2. The molecule has 0 spiro atoms. The Hall–Kier alpha value is -1.98. The van der Waals surface area contributed by atoms with Crippen molar-refractivity contribution in [1.82, 2.24) is 4.98 Å². The van der Waals surface area contributed by atoms with Gasteiger partial charge in [0.2, 0.25) is 0 Å². The molecular weight excluding hydrogens is 253 g/mol. The molecule has 0 saturated heterocycles. The number of ether oxygens (including phenoxy) is 2. The fourth-order valence-electron chi connectivity index (χ4n) is 1.53. The molecule has 5 nitrogen and oxygen atoms in total. The molecule has 1 aromatic heterocycles. The predicted molar refractivity (Wildman–Crippen MR) is 64.9 cm³/mol. The number of pyridine rings is 1. The summed E-state index contributed by atoms with van der Waals surface area (Å²) < 4.78 is 23.4. The van der Waals surface area contributed by atoms with E-state index >= 15 is 0 Å². The van der Waals surface area contributed by atoms with Gasteiger partial charge in [-0.2, -0.15) is 0 Å². The van der Waals surface area contributed by atoms with Crippen LogP contribution in [0.1, 0.15) is 31.0 Å². The maximum atomic E-state index is 13.8. The zero-order valence-electron chi connectivity index (χ0n) is 11.1. The molecule has 0 aromatic carbocycles. The number of carbonyl (C=O) groups excluding carboxylic acids is 2. The van der Waals surface area contributed by atoms with Gasteiger partial charge in [-0.05, 0) is 32.4 Å². The van der Waals surface area contributed by atoms with E-state index < -0.39 is 23.7 Å². The predicted octanol–water partition coefficient (Wildman–Crippen LogP) is 1.74. The van der Waals surface area contributed by atoms with Crippen molar-refractivity contribution in [2.45, 2.75) is 26.7 Å². The molecule has 1 aromatic rings. The van der Waals surface area contributed by atoms with E-state index in [1.807, 2.05) is 0 Å². The van der Waals surface area contributed by atoms with E-state index in [4.69, 9.17) is 9.47 Å².